The van der Waals surface area contributed by atoms with Crippen molar-refractivity contribution in [2.24, 2.45) is 5.73 Å². The number of hydrogen-bond acceptors (Lipinski definition) is 3. The number of methoxy groups -OCH3 is 1. The molecular formula is C11H13NOS. The first-order valence-corrected chi connectivity index (χ1v) is 5.36. The summed E-state index contributed by atoms with van der Waals surface area (Å²) in [6, 6.07) is 10.4. The Morgan fingerprint density at radius 1 is 1.43 bits per heavy atom. The Kier molecular flexibility index (Phi) is 2.82. The maximum atomic E-state index is 5.95. The Balaban J connectivity index is 2.35. The Bertz CT molecular complexity index is 391. The lowest BCUT2D eigenvalue weighted by Gasteiger charge is -2.06. The number of ether oxygens (including phenoxy) is 1. The molecule has 1 heterocycles. The molecular weight excluding hydrogens is 194 g/mol. The van der Waals surface area contributed by atoms with Crippen molar-refractivity contribution in [1.82, 2.24) is 0 Å². The highest BCUT2D eigenvalue weighted by atomic mass is 32.1. The molecule has 1 aromatic carbocycles. The summed E-state index contributed by atoms with van der Waals surface area (Å²) in [5, 5.41) is 1.26. The molecule has 2 aromatic rings. The molecule has 0 spiro atoms. The van der Waals surface area contributed by atoms with Gasteiger partial charge in [-0.1, -0.05) is 18.2 Å². The van der Waals surface area contributed by atoms with E-state index in [0.717, 1.165) is 0 Å². The van der Waals surface area contributed by atoms with E-state index < -0.39 is 0 Å². The fourth-order valence-corrected chi connectivity index (χ4v) is 2.50. The van der Waals surface area contributed by atoms with Gasteiger partial charge in [-0.2, -0.15) is 0 Å². The number of fused-ring (bicyclic) bond motifs is 1. The Morgan fingerprint density at radius 3 is 2.93 bits per heavy atom. The normalized spacial score (nSPS) is 13.3. The zero-order valence-corrected chi connectivity index (χ0v) is 8.88. The molecule has 0 amide bonds. The molecule has 2 N–H and O–H groups in total. The minimum Gasteiger partial charge on any atom is -0.383 e. The lowest BCUT2D eigenvalue weighted by atomic mass is 10.2. The van der Waals surface area contributed by atoms with E-state index in [1.54, 1.807) is 18.4 Å². The van der Waals surface area contributed by atoms with Crippen molar-refractivity contribution in [3.63, 3.8) is 0 Å². The van der Waals surface area contributed by atoms with Crippen LogP contribution in [0.2, 0.25) is 0 Å². The van der Waals surface area contributed by atoms with Gasteiger partial charge in [-0.05, 0) is 17.5 Å². The van der Waals surface area contributed by atoms with Crippen molar-refractivity contribution in [2.75, 3.05) is 13.7 Å². The third-order valence-corrected chi connectivity index (χ3v) is 3.40. The number of rotatable bonds is 3. The van der Waals surface area contributed by atoms with Crippen LogP contribution >= 0.6 is 11.3 Å². The van der Waals surface area contributed by atoms with Gasteiger partial charge < -0.3 is 10.5 Å². The van der Waals surface area contributed by atoms with E-state index in [2.05, 4.69) is 18.2 Å². The second-order valence-electron chi connectivity index (χ2n) is 3.25. The van der Waals surface area contributed by atoms with Crippen LogP contribution in [0.4, 0.5) is 0 Å². The van der Waals surface area contributed by atoms with Crippen LogP contribution in [-0.2, 0) is 4.74 Å². The summed E-state index contributed by atoms with van der Waals surface area (Å²) >= 11 is 1.74. The minimum atomic E-state index is -0.00241. The summed E-state index contributed by atoms with van der Waals surface area (Å²) in [5.74, 6) is 0. The molecule has 2 rings (SSSR count). The van der Waals surface area contributed by atoms with Crippen LogP contribution in [0, 0.1) is 0 Å². The van der Waals surface area contributed by atoms with Gasteiger partial charge >= 0.3 is 0 Å². The van der Waals surface area contributed by atoms with Gasteiger partial charge in [0.1, 0.15) is 0 Å². The molecule has 0 unspecified atom stereocenters. The molecule has 74 valence electrons. The van der Waals surface area contributed by atoms with Gasteiger partial charge in [0.25, 0.3) is 0 Å². The highest BCUT2D eigenvalue weighted by Gasteiger charge is 2.08. The summed E-state index contributed by atoms with van der Waals surface area (Å²) in [7, 11) is 1.67. The largest absolute Gasteiger partial charge is 0.383 e. The zero-order valence-electron chi connectivity index (χ0n) is 8.07. The molecule has 1 aromatic heterocycles. The number of benzene rings is 1. The summed E-state index contributed by atoms with van der Waals surface area (Å²) in [6.07, 6.45) is 0. The Labute approximate surface area is 87.3 Å². The average molecular weight is 207 g/mol. The third-order valence-electron chi connectivity index (χ3n) is 2.16. The Morgan fingerprint density at radius 2 is 2.21 bits per heavy atom. The summed E-state index contributed by atoms with van der Waals surface area (Å²) in [5.41, 5.74) is 5.95. The fourth-order valence-electron chi connectivity index (χ4n) is 1.45. The van der Waals surface area contributed by atoms with Gasteiger partial charge in [0.05, 0.1) is 12.6 Å². The number of nitrogens with two attached hydrogens (primary N) is 1. The van der Waals surface area contributed by atoms with Crippen LogP contribution in [0.3, 0.4) is 0 Å². The van der Waals surface area contributed by atoms with Gasteiger partial charge in [-0.15, -0.1) is 11.3 Å². The number of hydrogen-bond donors (Lipinski definition) is 1. The standard InChI is InChI=1S/C11H13NOS/c1-13-7-9(12)11-6-8-4-2-3-5-10(8)14-11/h2-6,9H,7,12H2,1H3/t9-/m0/s1. The molecule has 0 aliphatic heterocycles. The molecule has 0 bridgehead atoms. The molecule has 2 nitrogen and oxygen atoms in total. The molecule has 14 heavy (non-hydrogen) atoms. The van der Waals surface area contributed by atoms with Gasteiger partial charge in [0.2, 0.25) is 0 Å². The van der Waals surface area contributed by atoms with Crippen LogP contribution in [0.5, 0.6) is 0 Å². The maximum absolute atomic E-state index is 5.95. The highest BCUT2D eigenvalue weighted by molar-refractivity contribution is 7.19. The molecule has 0 aliphatic rings. The fraction of sp³-hybridized carbons (Fsp3) is 0.273. The molecule has 0 saturated heterocycles. The van der Waals surface area contributed by atoms with E-state index in [0.29, 0.717) is 6.61 Å². The predicted molar refractivity (Wildman–Crippen MR) is 60.6 cm³/mol. The van der Waals surface area contributed by atoms with E-state index >= 15 is 0 Å². The maximum Gasteiger partial charge on any atom is 0.0663 e. The topological polar surface area (TPSA) is 35.2 Å². The molecule has 0 fully saturated rings. The van der Waals surface area contributed by atoms with Crippen molar-refractivity contribution in [3.05, 3.63) is 35.2 Å². The van der Waals surface area contributed by atoms with Crippen molar-refractivity contribution in [1.29, 1.82) is 0 Å². The van der Waals surface area contributed by atoms with Crippen molar-refractivity contribution >= 4 is 21.4 Å². The van der Waals surface area contributed by atoms with E-state index in [9.17, 15) is 0 Å². The van der Waals surface area contributed by atoms with E-state index in [4.69, 9.17) is 10.5 Å². The average Bonchev–Trinajstić information content (AvgIpc) is 2.61. The molecule has 1 atom stereocenters. The van der Waals surface area contributed by atoms with Crippen LogP contribution < -0.4 is 5.73 Å². The van der Waals surface area contributed by atoms with E-state index in [1.807, 2.05) is 12.1 Å². The SMILES string of the molecule is COC[C@H](N)c1cc2ccccc2s1. The lowest BCUT2D eigenvalue weighted by molar-refractivity contribution is 0.182. The van der Waals surface area contributed by atoms with Crippen LogP contribution in [-0.4, -0.2) is 13.7 Å². The first-order chi connectivity index (χ1) is 6.81. The van der Waals surface area contributed by atoms with Crippen LogP contribution in [0.1, 0.15) is 10.9 Å². The monoisotopic (exact) mass is 207 g/mol. The van der Waals surface area contributed by atoms with Gasteiger partial charge in [0, 0.05) is 16.7 Å². The predicted octanol–water partition coefficient (Wildman–Crippen LogP) is 2.55. The summed E-state index contributed by atoms with van der Waals surface area (Å²) < 4.78 is 6.32. The van der Waals surface area contributed by atoms with Crippen LogP contribution in [0.25, 0.3) is 10.1 Å². The highest BCUT2D eigenvalue weighted by Crippen LogP contribution is 2.28. The van der Waals surface area contributed by atoms with E-state index in [1.165, 1.54) is 15.0 Å². The quantitative estimate of drug-likeness (QED) is 0.839. The second-order valence-corrected chi connectivity index (χ2v) is 4.36. The third kappa shape index (κ3) is 1.80. The first kappa shape index (κ1) is 9.65. The second kappa shape index (κ2) is 4.09. The zero-order chi connectivity index (χ0) is 9.97. The number of thiophene rings is 1. The van der Waals surface area contributed by atoms with Crippen molar-refractivity contribution < 1.29 is 4.74 Å². The smallest absolute Gasteiger partial charge is 0.0663 e. The van der Waals surface area contributed by atoms with Gasteiger partial charge in [-0.3, -0.25) is 0 Å². The minimum absolute atomic E-state index is 0.00241. The van der Waals surface area contributed by atoms with Crippen LogP contribution in [0.15, 0.2) is 30.3 Å². The summed E-state index contributed by atoms with van der Waals surface area (Å²) in [6.45, 7) is 0.576. The van der Waals surface area contributed by atoms with Gasteiger partial charge in [-0.25, -0.2) is 0 Å². The Hall–Kier alpha value is -0.900. The summed E-state index contributed by atoms with van der Waals surface area (Å²) in [4.78, 5) is 1.19. The van der Waals surface area contributed by atoms with Crippen molar-refractivity contribution in [3.8, 4) is 0 Å². The molecule has 3 heteroatoms. The molecule has 0 aliphatic carbocycles. The van der Waals surface area contributed by atoms with Gasteiger partial charge in [0.15, 0.2) is 0 Å². The molecule has 0 radical (unpaired) electrons. The van der Waals surface area contributed by atoms with E-state index in [-0.39, 0.29) is 6.04 Å². The first-order valence-electron chi connectivity index (χ1n) is 4.54. The molecule has 0 saturated carbocycles. The van der Waals surface area contributed by atoms with Crippen molar-refractivity contribution in [2.45, 2.75) is 6.04 Å². The lowest BCUT2D eigenvalue weighted by Crippen LogP contribution is -2.14.